The highest BCUT2D eigenvalue weighted by molar-refractivity contribution is 7.47. The van der Waals surface area contributed by atoms with Gasteiger partial charge in [-0.25, -0.2) is 9.13 Å². The van der Waals surface area contributed by atoms with Crippen LogP contribution in [0.1, 0.15) is 356 Å². The maximum absolute atomic E-state index is 13.0. The Morgan fingerprint density at radius 2 is 0.573 bits per heavy atom. The van der Waals surface area contributed by atoms with Gasteiger partial charge in [0.25, 0.3) is 0 Å². The van der Waals surface area contributed by atoms with Crippen molar-refractivity contribution < 1.29 is 80.2 Å². The maximum Gasteiger partial charge on any atom is 0.472 e. The monoisotopic (exact) mass is 1310 g/mol. The van der Waals surface area contributed by atoms with Crippen LogP contribution in [0.15, 0.2) is 0 Å². The molecular formula is C70H136O17P2. The van der Waals surface area contributed by atoms with Crippen LogP contribution < -0.4 is 0 Å². The Morgan fingerprint density at radius 3 is 0.854 bits per heavy atom. The van der Waals surface area contributed by atoms with Gasteiger partial charge in [-0.1, -0.05) is 305 Å². The number of hydrogen-bond donors (Lipinski definition) is 3. The predicted octanol–water partition coefficient (Wildman–Crippen LogP) is 20.0. The van der Waals surface area contributed by atoms with Gasteiger partial charge in [-0.3, -0.25) is 37.3 Å². The molecule has 0 aliphatic heterocycles. The number of phosphoric acid groups is 2. The van der Waals surface area contributed by atoms with E-state index >= 15 is 0 Å². The number of unbranched alkanes of at least 4 members (excludes halogenated alkanes) is 38. The predicted molar refractivity (Wildman–Crippen MR) is 358 cm³/mol. The Kier molecular flexibility index (Phi) is 60.8. The number of carbonyl (C=O) groups excluding carboxylic acids is 4. The molecule has 0 amide bonds. The van der Waals surface area contributed by atoms with Crippen molar-refractivity contribution in [2.45, 2.75) is 374 Å². The fraction of sp³-hybridized carbons (Fsp3) is 0.943. The summed E-state index contributed by atoms with van der Waals surface area (Å²) in [6.07, 6.45) is 47.2. The van der Waals surface area contributed by atoms with Gasteiger partial charge in [-0.05, 0) is 37.5 Å². The molecule has 0 saturated carbocycles. The highest BCUT2D eigenvalue weighted by atomic mass is 31.2. The van der Waals surface area contributed by atoms with Gasteiger partial charge in [0.2, 0.25) is 0 Å². The number of esters is 4. The number of phosphoric ester groups is 2. The molecule has 89 heavy (non-hydrogen) atoms. The minimum absolute atomic E-state index is 0.105. The minimum Gasteiger partial charge on any atom is -0.462 e. The zero-order valence-electron chi connectivity index (χ0n) is 57.7. The van der Waals surface area contributed by atoms with Crippen molar-refractivity contribution in [2.24, 2.45) is 11.8 Å². The normalized spacial score (nSPS) is 14.4. The van der Waals surface area contributed by atoms with E-state index in [0.29, 0.717) is 25.7 Å². The molecule has 0 aliphatic carbocycles. The van der Waals surface area contributed by atoms with Crippen molar-refractivity contribution >= 4 is 39.5 Å². The SMILES string of the molecule is CCCCCCCCCCC(=O)OC[C@H](COP(=O)(O)OC[C@H](O)COP(=O)(O)OC[C@@H](COC(=O)CCCCCCCCCCCCCCC(C)C)OC(=O)CCCCCCCCCCCCCCCCC(C)CC)OC(=O)CCCCCCCCCC. The molecule has 0 radical (unpaired) electrons. The van der Waals surface area contributed by atoms with Crippen molar-refractivity contribution in [3.63, 3.8) is 0 Å². The second kappa shape index (κ2) is 62.2. The van der Waals surface area contributed by atoms with Crippen molar-refractivity contribution in [1.29, 1.82) is 0 Å². The summed E-state index contributed by atoms with van der Waals surface area (Å²) in [5, 5.41) is 10.6. The van der Waals surface area contributed by atoms with Crippen LogP contribution in [0.25, 0.3) is 0 Å². The first-order valence-corrected chi connectivity index (χ1v) is 39.5. The van der Waals surface area contributed by atoms with E-state index in [0.717, 1.165) is 115 Å². The van der Waals surface area contributed by atoms with Crippen LogP contribution in [-0.2, 0) is 65.4 Å². The van der Waals surface area contributed by atoms with Gasteiger partial charge < -0.3 is 33.8 Å². The average Bonchev–Trinajstić information content (AvgIpc) is 3.71. The van der Waals surface area contributed by atoms with Crippen LogP contribution >= 0.6 is 15.6 Å². The van der Waals surface area contributed by atoms with E-state index in [2.05, 4.69) is 41.5 Å². The molecule has 0 aliphatic rings. The smallest absolute Gasteiger partial charge is 0.462 e. The molecule has 0 rings (SSSR count). The number of carbonyl (C=O) groups is 4. The molecule has 0 fully saturated rings. The fourth-order valence-electron chi connectivity index (χ4n) is 10.6. The first kappa shape index (κ1) is 87.1. The molecule has 3 unspecified atom stereocenters. The Labute approximate surface area is 543 Å². The molecule has 17 nitrogen and oxygen atoms in total. The molecule has 0 aromatic rings. The molecule has 0 saturated heterocycles. The van der Waals surface area contributed by atoms with Gasteiger partial charge >= 0.3 is 39.5 Å². The average molecular weight is 1310 g/mol. The van der Waals surface area contributed by atoms with Crippen molar-refractivity contribution in [1.82, 2.24) is 0 Å². The van der Waals surface area contributed by atoms with Gasteiger partial charge in [0.1, 0.15) is 19.3 Å². The van der Waals surface area contributed by atoms with E-state index < -0.39 is 97.5 Å². The van der Waals surface area contributed by atoms with Crippen LogP contribution in [0.4, 0.5) is 0 Å². The first-order chi connectivity index (χ1) is 42.9. The fourth-order valence-corrected chi connectivity index (χ4v) is 12.1. The van der Waals surface area contributed by atoms with E-state index in [-0.39, 0.29) is 25.7 Å². The van der Waals surface area contributed by atoms with Gasteiger partial charge in [0.15, 0.2) is 12.2 Å². The molecule has 0 aromatic carbocycles. The molecule has 3 N–H and O–H groups in total. The molecule has 0 aromatic heterocycles. The van der Waals surface area contributed by atoms with E-state index in [1.165, 1.54) is 161 Å². The van der Waals surface area contributed by atoms with Crippen molar-refractivity contribution in [3.05, 3.63) is 0 Å². The molecule has 19 heteroatoms. The standard InChI is InChI=1S/C70H136O17P2/c1-7-10-12-14-16-34-40-46-52-67(72)80-58-65(86-69(74)54-48-42-35-17-15-13-11-8-2)60-84-88(76,77)82-56-64(71)57-83-89(78,79)85-61-66(59-81-68(73)53-47-41-36-30-26-23-22-24-28-32-38-44-50-62(4)5)87-70(75)55-49-43-37-31-27-21-19-18-20-25-29-33-39-45-51-63(6)9-3/h62-66,71H,7-61H2,1-6H3,(H,76,77)(H,78,79)/t63?,64-,65+,66+/m0/s1. The molecule has 0 heterocycles. The Morgan fingerprint density at radius 1 is 0.326 bits per heavy atom. The Balaban J connectivity index is 5.18. The van der Waals surface area contributed by atoms with Crippen molar-refractivity contribution in [2.75, 3.05) is 39.6 Å². The molecular weight excluding hydrogens is 1170 g/mol. The van der Waals surface area contributed by atoms with E-state index in [1.54, 1.807) is 0 Å². The summed E-state index contributed by atoms with van der Waals surface area (Å²) in [6.45, 7) is 9.56. The van der Waals surface area contributed by atoms with Crippen LogP contribution in [0, 0.1) is 11.8 Å². The lowest BCUT2D eigenvalue weighted by atomic mass is 9.99. The summed E-state index contributed by atoms with van der Waals surface area (Å²) < 4.78 is 68.1. The van der Waals surface area contributed by atoms with E-state index in [9.17, 15) is 43.2 Å². The number of hydrogen-bond acceptors (Lipinski definition) is 15. The molecule has 528 valence electrons. The first-order valence-electron chi connectivity index (χ1n) is 36.5. The topological polar surface area (TPSA) is 237 Å². The lowest BCUT2D eigenvalue weighted by Crippen LogP contribution is -2.30. The van der Waals surface area contributed by atoms with Gasteiger partial charge in [-0.15, -0.1) is 0 Å². The van der Waals surface area contributed by atoms with Crippen LogP contribution in [0.3, 0.4) is 0 Å². The number of rotatable bonds is 69. The second-order valence-corrected chi connectivity index (χ2v) is 28.9. The third-order valence-electron chi connectivity index (χ3n) is 16.6. The number of aliphatic hydroxyl groups is 1. The van der Waals surface area contributed by atoms with Gasteiger partial charge in [0.05, 0.1) is 26.4 Å². The Bertz CT molecular complexity index is 1740. The number of aliphatic hydroxyl groups excluding tert-OH is 1. The summed E-state index contributed by atoms with van der Waals surface area (Å²) >= 11 is 0. The van der Waals surface area contributed by atoms with Gasteiger partial charge in [0, 0.05) is 25.7 Å². The third-order valence-corrected chi connectivity index (χ3v) is 18.5. The number of ether oxygens (including phenoxy) is 4. The summed E-state index contributed by atoms with van der Waals surface area (Å²) in [4.78, 5) is 72.3. The molecule has 6 atom stereocenters. The van der Waals surface area contributed by atoms with Gasteiger partial charge in [-0.2, -0.15) is 0 Å². The van der Waals surface area contributed by atoms with Crippen molar-refractivity contribution in [3.8, 4) is 0 Å². The van der Waals surface area contributed by atoms with Crippen LogP contribution in [0.5, 0.6) is 0 Å². The quantitative estimate of drug-likeness (QED) is 0.0222. The molecule has 0 bridgehead atoms. The largest absolute Gasteiger partial charge is 0.472 e. The summed E-state index contributed by atoms with van der Waals surface area (Å²) in [7, 11) is -9.89. The minimum atomic E-state index is -4.95. The van der Waals surface area contributed by atoms with Crippen LogP contribution in [-0.4, -0.2) is 96.7 Å². The zero-order chi connectivity index (χ0) is 65.7. The summed E-state index contributed by atoms with van der Waals surface area (Å²) in [5.74, 6) is -0.501. The Hall–Kier alpha value is -1.94. The highest BCUT2D eigenvalue weighted by Gasteiger charge is 2.30. The maximum atomic E-state index is 13.0. The highest BCUT2D eigenvalue weighted by Crippen LogP contribution is 2.45. The zero-order valence-corrected chi connectivity index (χ0v) is 59.5. The lowest BCUT2D eigenvalue weighted by molar-refractivity contribution is -0.161. The summed E-state index contributed by atoms with van der Waals surface area (Å²) in [5.41, 5.74) is 0. The van der Waals surface area contributed by atoms with E-state index in [1.807, 2.05) is 0 Å². The van der Waals surface area contributed by atoms with E-state index in [4.69, 9.17) is 37.0 Å². The molecule has 0 spiro atoms. The van der Waals surface area contributed by atoms with Crippen LogP contribution in [0.2, 0.25) is 0 Å². The lowest BCUT2D eigenvalue weighted by Gasteiger charge is -2.21. The second-order valence-electron chi connectivity index (χ2n) is 26.0. The summed E-state index contributed by atoms with van der Waals surface area (Å²) in [6, 6.07) is 0. The third kappa shape index (κ3) is 63.2.